The summed E-state index contributed by atoms with van der Waals surface area (Å²) in [5, 5.41) is 2.50. The zero-order chi connectivity index (χ0) is 12.3. The maximum Gasteiger partial charge on any atom is 0.406 e. The van der Waals surface area contributed by atoms with Gasteiger partial charge in [-0.1, -0.05) is 13.8 Å². The van der Waals surface area contributed by atoms with Gasteiger partial charge in [-0.25, -0.2) is 4.79 Å². The number of amides is 1. The minimum absolute atomic E-state index is 0.207. The molecule has 0 aromatic heterocycles. The fourth-order valence-corrected chi connectivity index (χ4v) is 1.74. The summed E-state index contributed by atoms with van der Waals surface area (Å²) < 4.78 is 4.43. The molecule has 0 spiro atoms. The van der Waals surface area contributed by atoms with E-state index in [1.54, 1.807) is 13.8 Å². The van der Waals surface area contributed by atoms with Crippen LogP contribution in [0.15, 0.2) is 12.2 Å². The van der Waals surface area contributed by atoms with Gasteiger partial charge in [-0.3, -0.25) is 9.59 Å². The Kier molecular flexibility index (Phi) is 3.47. The highest BCUT2D eigenvalue weighted by Gasteiger charge is 2.41. The highest BCUT2D eigenvalue weighted by molar-refractivity contribution is 6.19. The van der Waals surface area contributed by atoms with E-state index < -0.39 is 17.4 Å². The Hall–Kier alpha value is -1.65. The number of methoxy groups -OCH3 is 1. The summed E-state index contributed by atoms with van der Waals surface area (Å²) in [7, 11) is 1.26. The van der Waals surface area contributed by atoms with Crippen LogP contribution >= 0.6 is 0 Å². The summed E-state index contributed by atoms with van der Waals surface area (Å²) in [6, 6.07) is 0. The molecule has 0 atom stereocenters. The number of carbonyl (C=O) groups excluding carboxylic acids is 3. The zero-order valence-electron chi connectivity index (χ0n) is 9.57. The number of ether oxygens (including phenoxy) is 1. The van der Waals surface area contributed by atoms with Crippen LogP contribution in [0.2, 0.25) is 0 Å². The van der Waals surface area contributed by atoms with Gasteiger partial charge in [-0.15, -0.1) is 0 Å². The lowest BCUT2D eigenvalue weighted by molar-refractivity contribution is -0.130. The Morgan fingerprint density at radius 3 is 2.31 bits per heavy atom. The van der Waals surface area contributed by atoms with E-state index in [2.05, 4.69) is 10.1 Å². The second-order valence-corrected chi connectivity index (χ2v) is 4.40. The Bertz CT molecular complexity index is 339. The van der Waals surface area contributed by atoms with Crippen LogP contribution in [0.4, 0.5) is 4.79 Å². The van der Waals surface area contributed by atoms with Crippen LogP contribution < -0.4 is 5.32 Å². The Morgan fingerprint density at radius 2 is 1.88 bits per heavy atom. The standard InChI is InChI=1S/C11H15NO4/c1-11(2,6-12-10(15)16-3)9-7(13)4-5-8(9)14/h4-5,9H,6H2,1-3H3,(H,12,15). The van der Waals surface area contributed by atoms with Crippen LogP contribution in [0, 0.1) is 11.3 Å². The van der Waals surface area contributed by atoms with Crippen molar-refractivity contribution in [3.8, 4) is 0 Å². The molecule has 0 bridgehead atoms. The van der Waals surface area contributed by atoms with Crippen molar-refractivity contribution in [1.82, 2.24) is 5.32 Å². The molecular formula is C11H15NO4. The van der Waals surface area contributed by atoms with Crippen LogP contribution in [0.5, 0.6) is 0 Å². The molecule has 0 aromatic carbocycles. The molecule has 1 aliphatic carbocycles. The zero-order valence-corrected chi connectivity index (χ0v) is 9.57. The van der Waals surface area contributed by atoms with Crippen molar-refractivity contribution in [3.05, 3.63) is 12.2 Å². The van der Waals surface area contributed by atoms with Crippen molar-refractivity contribution in [2.45, 2.75) is 13.8 Å². The van der Waals surface area contributed by atoms with Crippen molar-refractivity contribution >= 4 is 17.7 Å². The van der Waals surface area contributed by atoms with Gasteiger partial charge >= 0.3 is 6.09 Å². The van der Waals surface area contributed by atoms with Gasteiger partial charge in [0.05, 0.1) is 13.0 Å². The van der Waals surface area contributed by atoms with E-state index in [9.17, 15) is 14.4 Å². The number of rotatable bonds is 3. The molecule has 5 nitrogen and oxygen atoms in total. The molecule has 0 saturated carbocycles. The fraction of sp³-hybridized carbons (Fsp3) is 0.545. The molecule has 0 saturated heterocycles. The molecule has 1 aliphatic rings. The number of alkyl carbamates (subject to hydrolysis) is 1. The summed E-state index contributed by atoms with van der Waals surface area (Å²) in [6.07, 6.45) is 2.00. The summed E-state index contributed by atoms with van der Waals surface area (Å²) in [5.74, 6) is -1.12. The predicted molar refractivity (Wildman–Crippen MR) is 56.8 cm³/mol. The molecule has 5 heteroatoms. The van der Waals surface area contributed by atoms with E-state index in [0.717, 1.165) is 0 Å². The van der Waals surface area contributed by atoms with Crippen LogP contribution in [0.1, 0.15) is 13.8 Å². The summed E-state index contributed by atoms with van der Waals surface area (Å²) in [4.78, 5) is 33.9. The molecule has 0 aromatic rings. The van der Waals surface area contributed by atoms with Crippen LogP contribution in [-0.4, -0.2) is 31.3 Å². The van der Waals surface area contributed by atoms with E-state index in [1.807, 2.05) is 0 Å². The third kappa shape index (κ3) is 2.48. The molecular weight excluding hydrogens is 210 g/mol. The van der Waals surface area contributed by atoms with Gasteiger partial charge in [0, 0.05) is 6.54 Å². The summed E-state index contributed by atoms with van der Waals surface area (Å²) in [5.41, 5.74) is -0.619. The van der Waals surface area contributed by atoms with E-state index in [4.69, 9.17) is 0 Å². The van der Waals surface area contributed by atoms with Gasteiger partial charge in [-0.2, -0.15) is 0 Å². The first-order valence-electron chi connectivity index (χ1n) is 4.96. The predicted octanol–water partition coefficient (Wildman–Crippen LogP) is 0.693. The van der Waals surface area contributed by atoms with Crippen molar-refractivity contribution < 1.29 is 19.1 Å². The summed E-state index contributed by atoms with van der Waals surface area (Å²) >= 11 is 0. The summed E-state index contributed by atoms with van der Waals surface area (Å²) in [6.45, 7) is 3.73. The monoisotopic (exact) mass is 225 g/mol. The number of hydrogen-bond acceptors (Lipinski definition) is 4. The Labute approximate surface area is 93.8 Å². The van der Waals surface area contributed by atoms with Gasteiger partial charge in [0.25, 0.3) is 0 Å². The molecule has 0 heterocycles. The number of ketones is 2. The average molecular weight is 225 g/mol. The largest absolute Gasteiger partial charge is 0.453 e. The fourth-order valence-electron chi connectivity index (χ4n) is 1.74. The van der Waals surface area contributed by atoms with E-state index in [1.165, 1.54) is 19.3 Å². The first kappa shape index (κ1) is 12.4. The van der Waals surface area contributed by atoms with Crippen molar-refractivity contribution in [3.63, 3.8) is 0 Å². The third-order valence-electron chi connectivity index (χ3n) is 2.64. The molecule has 88 valence electrons. The van der Waals surface area contributed by atoms with Crippen molar-refractivity contribution in [2.75, 3.05) is 13.7 Å². The SMILES string of the molecule is COC(=O)NCC(C)(C)C1C(=O)C=CC1=O. The second-order valence-electron chi connectivity index (χ2n) is 4.40. The molecule has 0 radical (unpaired) electrons. The van der Waals surface area contributed by atoms with Crippen molar-refractivity contribution in [2.24, 2.45) is 11.3 Å². The molecule has 1 rings (SSSR count). The van der Waals surface area contributed by atoms with Gasteiger partial charge in [0.2, 0.25) is 0 Å². The number of carbonyl (C=O) groups is 3. The van der Waals surface area contributed by atoms with E-state index >= 15 is 0 Å². The van der Waals surface area contributed by atoms with Crippen LogP contribution in [0.25, 0.3) is 0 Å². The molecule has 0 fully saturated rings. The van der Waals surface area contributed by atoms with Crippen LogP contribution in [-0.2, 0) is 14.3 Å². The highest BCUT2D eigenvalue weighted by Crippen LogP contribution is 2.31. The number of nitrogens with one attached hydrogen (secondary N) is 1. The normalized spacial score (nSPS) is 16.7. The Balaban J connectivity index is 2.67. The van der Waals surface area contributed by atoms with Crippen LogP contribution in [0.3, 0.4) is 0 Å². The number of allylic oxidation sites excluding steroid dienone is 2. The second kappa shape index (κ2) is 4.47. The van der Waals surface area contributed by atoms with Gasteiger partial charge in [-0.05, 0) is 17.6 Å². The average Bonchev–Trinajstić information content (AvgIpc) is 2.55. The van der Waals surface area contributed by atoms with Gasteiger partial charge in [0.15, 0.2) is 11.6 Å². The first-order valence-corrected chi connectivity index (χ1v) is 4.96. The molecule has 0 unspecified atom stereocenters. The minimum atomic E-state index is -0.704. The first-order chi connectivity index (χ1) is 7.38. The van der Waals surface area contributed by atoms with Gasteiger partial charge < -0.3 is 10.1 Å². The molecule has 0 aliphatic heterocycles. The smallest absolute Gasteiger partial charge is 0.406 e. The number of hydrogen-bond donors (Lipinski definition) is 1. The maximum absolute atomic E-state index is 11.5. The molecule has 1 amide bonds. The minimum Gasteiger partial charge on any atom is -0.453 e. The topological polar surface area (TPSA) is 72.5 Å². The quantitative estimate of drug-likeness (QED) is 0.717. The maximum atomic E-state index is 11.5. The lowest BCUT2D eigenvalue weighted by Crippen LogP contribution is -2.42. The van der Waals surface area contributed by atoms with Gasteiger partial charge in [0.1, 0.15) is 0 Å². The molecule has 16 heavy (non-hydrogen) atoms. The molecule has 1 N–H and O–H groups in total. The van der Waals surface area contributed by atoms with Crippen molar-refractivity contribution in [1.29, 1.82) is 0 Å². The van der Waals surface area contributed by atoms with E-state index in [0.29, 0.717) is 0 Å². The van der Waals surface area contributed by atoms with E-state index in [-0.39, 0.29) is 18.1 Å². The Morgan fingerprint density at radius 1 is 1.38 bits per heavy atom. The lowest BCUT2D eigenvalue weighted by Gasteiger charge is -2.29. The highest BCUT2D eigenvalue weighted by atomic mass is 16.5. The lowest BCUT2D eigenvalue weighted by atomic mass is 9.76. The third-order valence-corrected chi connectivity index (χ3v) is 2.64.